The smallest absolute Gasteiger partial charge is 0.244 e. The minimum Gasteiger partial charge on any atom is -0.244 e. The number of alkyl halides is 7. The summed E-state index contributed by atoms with van der Waals surface area (Å²) in [4.78, 5) is 0. The van der Waals surface area contributed by atoms with E-state index >= 15 is 0 Å². The van der Waals surface area contributed by atoms with Crippen LogP contribution < -0.4 is 0 Å². The zero-order valence-electron chi connectivity index (χ0n) is 27.7. The van der Waals surface area contributed by atoms with Crippen molar-refractivity contribution in [1.29, 1.82) is 0 Å². The van der Waals surface area contributed by atoms with Gasteiger partial charge in [-0.2, -0.15) is 26.3 Å². The Morgan fingerprint density at radius 1 is 0.550 bits per heavy atom. The second kappa shape index (κ2) is 17.6. The Hall–Kier alpha value is -0.490. The summed E-state index contributed by atoms with van der Waals surface area (Å²) in [6.07, 6.45) is 2.36. The van der Waals surface area contributed by atoms with Gasteiger partial charge in [0, 0.05) is 0 Å². The van der Waals surface area contributed by atoms with E-state index in [4.69, 9.17) is 0 Å². The lowest BCUT2D eigenvalue weighted by Crippen LogP contribution is -2.47. The molecule has 0 radical (unpaired) electrons. The summed E-state index contributed by atoms with van der Waals surface area (Å²) in [6, 6.07) is 0. The molecule has 0 amide bonds. The Balaban J connectivity index is 0. The van der Waals surface area contributed by atoms with Crippen LogP contribution in [0.1, 0.15) is 166 Å². The van der Waals surface area contributed by atoms with E-state index in [9.17, 15) is 30.7 Å². The molecule has 0 aliphatic heterocycles. The van der Waals surface area contributed by atoms with Gasteiger partial charge < -0.3 is 0 Å². The van der Waals surface area contributed by atoms with Crippen molar-refractivity contribution in [2.45, 2.75) is 184 Å². The van der Waals surface area contributed by atoms with E-state index in [1.165, 1.54) is 20.3 Å². The van der Waals surface area contributed by atoms with Crippen LogP contribution in [0.5, 0.6) is 0 Å². The van der Waals surface area contributed by atoms with E-state index in [1.807, 2.05) is 27.7 Å². The minimum absolute atomic E-state index is 0.266. The minimum atomic E-state index is -4.10. The first-order chi connectivity index (χ1) is 18.0. The second-order valence-electron chi connectivity index (χ2n) is 14.4. The number of hydrogen-bond acceptors (Lipinski definition) is 0. The first-order valence-electron chi connectivity index (χ1n) is 15.8. The third-order valence-corrected chi connectivity index (χ3v) is 8.82. The molecule has 2 fully saturated rings. The molecule has 2 saturated carbocycles. The predicted octanol–water partition coefficient (Wildman–Crippen LogP) is 13.7. The maximum atomic E-state index is 13.4. The average molecular weight is 593 g/mol. The van der Waals surface area contributed by atoms with Crippen LogP contribution in [0.3, 0.4) is 0 Å². The fourth-order valence-electron chi connectivity index (χ4n) is 5.97. The second-order valence-corrected chi connectivity index (χ2v) is 14.4. The normalized spacial score (nSPS) is 19.5. The molecule has 0 atom stereocenters. The SMILES string of the molecule is CC(C)(C)C.CC1(C(F)(F)F)CCCCC1.CC1(F)CCCCC1.CCC(CC)C(C)(C(CC)CC)C(F)(F)F. The Kier molecular flexibility index (Phi) is 18.3. The van der Waals surface area contributed by atoms with Crippen LogP contribution in [0.4, 0.5) is 30.7 Å². The van der Waals surface area contributed by atoms with Crippen molar-refractivity contribution in [3.05, 3.63) is 0 Å². The van der Waals surface area contributed by atoms with Crippen molar-refractivity contribution in [3.8, 4) is 0 Å². The molecule has 0 spiro atoms. The highest BCUT2D eigenvalue weighted by molar-refractivity contribution is 4.92. The Morgan fingerprint density at radius 2 is 0.825 bits per heavy atom. The molecule has 0 aromatic heterocycles. The fraction of sp³-hybridized carbons (Fsp3) is 1.00. The van der Waals surface area contributed by atoms with Gasteiger partial charge in [0.1, 0.15) is 5.67 Å². The first kappa shape index (κ1) is 41.6. The Morgan fingerprint density at radius 3 is 0.975 bits per heavy atom. The van der Waals surface area contributed by atoms with Gasteiger partial charge in [0.25, 0.3) is 0 Å². The average Bonchev–Trinajstić information content (AvgIpc) is 2.79. The highest BCUT2D eigenvalue weighted by Crippen LogP contribution is 2.53. The molecule has 7 heteroatoms. The van der Waals surface area contributed by atoms with Gasteiger partial charge in [-0.3, -0.25) is 0 Å². The van der Waals surface area contributed by atoms with Crippen LogP contribution in [0.25, 0.3) is 0 Å². The molecule has 2 aliphatic rings. The summed E-state index contributed by atoms with van der Waals surface area (Å²) >= 11 is 0. The van der Waals surface area contributed by atoms with E-state index in [0.717, 1.165) is 44.9 Å². The van der Waals surface area contributed by atoms with Crippen LogP contribution in [-0.4, -0.2) is 18.0 Å². The summed E-state index contributed by atoms with van der Waals surface area (Å²) in [6.45, 7) is 20.7. The van der Waals surface area contributed by atoms with Gasteiger partial charge >= 0.3 is 12.4 Å². The molecule has 0 N–H and O–H groups in total. The molecule has 244 valence electrons. The van der Waals surface area contributed by atoms with E-state index in [0.29, 0.717) is 43.9 Å². The quantitative estimate of drug-likeness (QED) is 0.269. The van der Waals surface area contributed by atoms with E-state index in [2.05, 4.69) is 27.7 Å². The summed E-state index contributed by atoms with van der Waals surface area (Å²) in [5.41, 5.74) is -3.23. The summed E-state index contributed by atoms with van der Waals surface area (Å²) in [5, 5.41) is 0. The topological polar surface area (TPSA) is 0 Å². The molecule has 0 aromatic carbocycles. The number of hydrogen-bond donors (Lipinski definition) is 0. The molecule has 0 nitrogen and oxygen atoms in total. The highest BCUT2D eigenvalue weighted by Gasteiger charge is 2.57. The van der Waals surface area contributed by atoms with Crippen molar-refractivity contribution >= 4 is 0 Å². The summed E-state index contributed by atoms with van der Waals surface area (Å²) in [7, 11) is 0. The van der Waals surface area contributed by atoms with E-state index < -0.39 is 28.9 Å². The lowest BCUT2D eigenvalue weighted by Gasteiger charge is -2.44. The van der Waals surface area contributed by atoms with Gasteiger partial charge in [0.05, 0.1) is 10.8 Å². The monoisotopic (exact) mass is 592 g/mol. The highest BCUT2D eigenvalue weighted by atomic mass is 19.4. The Bertz CT molecular complexity index is 601. The predicted molar refractivity (Wildman–Crippen MR) is 157 cm³/mol. The van der Waals surface area contributed by atoms with E-state index in [1.54, 1.807) is 6.92 Å². The zero-order valence-corrected chi connectivity index (χ0v) is 27.7. The van der Waals surface area contributed by atoms with Gasteiger partial charge in [0.15, 0.2) is 0 Å². The molecule has 0 bridgehead atoms. The third kappa shape index (κ3) is 15.1. The molecule has 0 saturated heterocycles. The van der Waals surface area contributed by atoms with Gasteiger partial charge in [0.2, 0.25) is 0 Å². The van der Waals surface area contributed by atoms with Crippen molar-refractivity contribution in [3.63, 3.8) is 0 Å². The zero-order chi connectivity index (χ0) is 32.1. The molecular weight excluding hydrogens is 529 g/mol. The van der Waals surface area contributed by atoms with Crippen LogP contribution in [0.15, 0.2) is 0 Å². The van der Waals surface area contributed by atoms with Crippen LogP contribution in [-0.2, 0) is 0 Å². The van der Waals surface area contributed by atoms with Crippen LogP contribution in [0.2, 0.25) is 0 Å². The molecule has 2 rings (SSSR count). The molecule has 0 unspecified atom stereocenters. The number of halogens is 7. The lowest BCUT2D eigenvalue weighted by atomic mass is 9.63. The molecule has 0 heterocycles. The van der Waals surface area contributed by atoms with Crippen molar-refractivity contribution in [2.24, 2.45) is 28.1 Å². The van der Waals surface area contributed by atoms with Crippen molar-refractivity contribution in [1.82, 2.24) is 0 Å². The maximum absolute atomic E-state index is 13.4. The largest absolute Gasteiger partial charge is 0.394 e. The van der Waals surface area contributed by atoms with Crippen molar-refractivity contribution in [2.75, 3.05) is 0 Å². The van der Waals surface area contributed by atoms with Gasteiger partial charge in [-0.15, -0.1) is 0 Å². The van der Waals surface area contributed by atoms with Gasteiger partial charge in [-0.25, -0.2) is 4.39 Å². The van der Waals surface area contributed by atoms with E-state index in [-0.39, 0.29) is 11.8 Å². The fourth-order valence-corrected chi connectivity index (χ4v) is 5.97. The third-order valence-electron chi connectivity index (χ3n) is 8.82. The van der Waals surface area contributed by atoms with Crippen LogP contribution in [0, 0.1) is 28.1 Å². The summed E-state index contributed by atoms with van der Waals surface area (Å²) < 4.78 is 89.9. The number of rotatable bonds is 6. The Labute approximate surface area is 243 Å². The van der Waals surface area contributed by atoms with Gasteiger partial charge in [-0.05, 0) is 49.9 Å². The molecule has 40 heavy (non-hydrogen) atoms. The van der Waals surface area contributed by atoms with Gasteiger partial charge in [-0.1, -0.05) is 133 Å². The molecule has 0 aromatic rings. The summed E-state index contributed by atoms with van der Waals surface area (Å²) in [5.74, 6) is -0.533. The lowest BCUT2D eigenvalue weighted by molar-refractivity contribution is -0.258. The molecular formula is C33H63F7. The standard InChI is InChI=1S/C13H25F3.C8H13F3.C7H13F.C5H12/c1-6-10(7-2)12(5,13(14,15)16)11(8-3)9-4;1-7(8(9,10)11)5-3-2-4-6-7;1-7(8)5-3-2-4-6-7;1-5(2,3)4/h10-11H,6-9H2,1-5H3;2-6H2,1H3;2-6H2,1H3;1-4H3. The van der Waals surface area contributed by atoms with Crippen LogP contribution >= 0.6 is 0 Å². The molecule has 2 aliphatic carbocycles. The first-order valence-corrected chi connectivity index (χ1v) is 15.8. The maximum Gasteiger partial charge on any atom is 0.394 e. The van der Waals surface area contributed by atoms with Crippen molar-refractivity contribution < 1.29 is 30.7 Å².